The van der Waals surface area contributed by atoms with Crippen molar-refractivity contribution in [1.82, 2.24) is 9.88 Å². The van der Waals surface area contributed by atoms with Gasteiger partial charge in [-0.3, -0.25) is 4.79 Å². The van der Waals surface area contributed by atoms with Gasteiger partial charge in [0.15, 0.2) is 5.13 Å². The molecule has 0 atom stereocenters. The van der Waals surface area contributed by atoms with Gasteiger partial charge in [0.1, 0.15) is 5.41 Å². The Hall–Kier alpha value is -1.61. The number of aromatic nitrogens is 1. The number of rotatable bonds is 4. The molecule has 5 nitrogen and oxygen atoms in total. The summed E-state index contributed by atoms with van der Waals surface area (Å²) in [5.41, 5.74) is -0.844. The van der Waals surface area contributed by atoms with Gasteiger partial charge in [-0.05, 0) is 12.8 Å². The first kappa shape index (κ1) is 14.8. The number of nitrogens with zero attached hydrogens (tertiary/aromatic N) is 4. The highest BCUT2D eigenvalue weighted by Crippen LogP contribution is 2.29. The van der Waals surface area contributed by atoms with E-state index in [-0.39, 0.29) is 5.91 Å². The molecule has 1 saturated heterocycles. The first-order valence-electron chi connectivity index (χ1n) is 7.02. The Morgan fingerprint density at radius 2 is 2.05 bits per heavy atom. The number of piperazine rings is 1. The van der Waals surface area contributed by atoms with Crippen LogP contribution in [0.5, 0.6) is 0 Å². The summed E-state index contributed by atoms with van der Waals surface area (Å²) in [7, 11) is 0. The standard InChI is InChI=1S/C14H20N4OS/c1-3-14(4-2,11-15)12(19)17-6-8-18(9-7-17)13-16-5-10-20-13/h5,10H,3-4,6-9H2,1-2H3. The van der Waals surface area contributed by atoms with Crippen LogP contribution in [0.4, 0.5) is 5.13 Å². The van der Waals surface area contributed by atoms with E-state index in [1.165, 1.54) is 0 Å². The highest BCUT2D eigenvalue weighted by Gasteiger charge is 2.39. The summed E-state index contributed by atoms with van der Waals surface area (Å²) in [6, 6.07) is 2.24. The minimum absolute atomic E-state index is 0.0104. The van der Waals surface area contributed by atoms with Gasteiger partial charge in [-0.2, -0.15) is 5.26 Å². The minimum atomic E-state index is -0.844. The number of amides is 1. The van der Waals surface area contributed by atoms with Crippen LogP contribution in [0.2, 0.25) is 0 Å². The predicted octanol–water partition coefficient (Wildman–Crippen LogP) is 2.12. The van der Waals surface area contributed by atoms with Crippen LogP contribution in [-0.2, 0) is 4.79 Å². The van der Waals surface area contributed by atoms with Crippen molar-refractivity contribution in [3.05, 3.63) is 11.6 Å². The van der Waals surface area contributed by atoms with E-state index in [1.807, 2.05) is 24.1 Å². The van der Waals surface area contributed by atoms with Crippen molar-refractivity contribution in [2.24, 2.45) is 5.41 Å². The molecule has 1 aliphatic heterocycles. The van der Waals surface area contributed by atoms with E-state index in [4.69, 9.17) is 0 Å². The molecule has 0 aromatic carbocycles. The summed E-state index contributed by atoms with van der Waals surface area (Å²) >= 11 is 1.62. The van der Waals surface area contributed by atoms with Crippen molar-refractivity contribution in [2.75, 3.05) is 31.1 Å². The molecule has 2 heterocycles. The second-order valence-electron chi connectivity index (χ2n) is 4.99. The van der Waals surface area contributed by atoms with E-state index in [0.29, 0.717) is 25.9 Å². The molecule has 0 spiro atoms. The number of thiazole rings is 1. The zero-order valence-corrected chi connectivity index (χ0v) is 12.8. The lowest BCUT2D eigenvalue weighted by Crippen LogP contribution is -2.53. The molecular weight excluding hydrogens is 272 g/mol. The predicted molar refractivity (Wildman–Crippen MR) is 79.5 cm³/mol. The molecule has 0 N–H and O–H groups in total. The van der Waals surface area contributed by atoms with Gasteiger partial charge in [-0.25, -0.2) is 4.98 Å². The monoisotopic (exact) mass is 292 g/mol. The first-order valence-corrected chi connectivity index (χ1v) is 7.90. The molecule has 0 saturated carbocycles. The normalized spacial score (nSPS) is 16.1. The average Bonchev–Trinajstić information content (AvgIpc) is 3.04. The van der Waals surface area contributed by atoms with Crippen LogP contribution in [0.3, 0.4) is 0 Å². The summed E-state index contributed by atoms with van der Waals surface area (Å²) in [4.78, 5) is 20.9. The van der Waals surface area contributed by atoms with Crippen molar-refractivity contribution in [3.8, 4) is 6.07 Å². The molecule has 0 aliphatic carbocycles. The summed E-state index contributed by atoms with van der Waals surface area (Å²) < 4.78 is 0. The third-order valence-electron chi connectivity index (χ3n) is 4.09. The molecule has 20 heavy (non-hydrogen) atoms. The lowest BCUT2D eigenvalue weighted by Gasteiger charge is -2.38. The Balaban J connectivity index is 2.00. The second-order valence-corrected chi connectivity index (χ2v) is 5.87. The fourth-order valence-electron chi connectivity index (χ4n) is 2.53. The van der Waals surface area contributed by atoms with E-state index in [1.54, 1.807) is 17.5 Å². The van der Waals surface area contributed by atoms with Crippen LogP contribution in [-0.4, -0.2) is 42.0 Å². The molecule has 108 valence electrons. The molecule has 1 aromatic rings. The van der Waals surface area contributed by atoms with E-state index in [2.05, 4.69) is 16.0 Å². The molecule has 1 aliphatic rings. The first-order chi connectivity index (χ1) is 9.66. The van der Waals surface area contributed by atoms with Crippen molar-refractivity contribution < 1.29 is 4.79 Å². The highest BCUT2D eigenvalue weighted by atomic mass is 32.1. The quantitative estimate of drug-likeness (QED) is 0.853. The lowest BCUT2D eigenvalue weighted by atomic mass is 9.82. The van der Waals surface area contributed by atoms with Crippen molar-refractivity contribution in [2.45, 2.75) is 26.7 Å². The van der Waals surface area contributed by atoms with Gasteiger partial charge in [0.05, 0.1) is 6.07 Å². The third kappa shape index (κ3) is 2.63. The molecule has 1 fully saturated rings. The zero-order valence-electron chi connectivity index (χ0n) is 12.0. The molecule has 2 rings (SSSR count). The molecular formula is C14H20N4OS. The van der Waals surface area contributed by atoms with Crippen molar-refractivity contribution in [3.63, 3.8) is 0 Å². The average molecular weight is 292 g/mol. The van der Waals surface area contributed by atoms with Gasteiger partial charge in [0, 0.05) is 37.8 Å². The summed E-state index contributed by atoms with van der Waals surface area (Å²) in [6.07, 6.45) is 2.95. The van der Waals surface area contributed by atoms with E-state index in [0.717, 1.165) is 18.2 Å². The maximum absolute atomic E-state index is 12.6. The Labute approximate surface area is 123 Å². The van der Waals surface area contributed by atoms with Gasteiger partial charge >= 0.3 is 0 Å². The smallest absolute Gasteiger partial charge is 0.243 e. The number of hydrogen-bond acceptors (Lipinski definition) is 5. The minimum Gasteiger partial charge on any atom is -0.345 e. The molecule has 0 bridgehead atoms. The summed E-state index contributed by atoms with van der Waals surface area (Å²) in [5.74, 6) is -0.0104. The molecule has 6 heteroatoms. The third-order valence-corrected chi connectivity index (χ3v) is 4.92. The number of hydrogen-bond donors (Lipinski definition) is 0. The SMILES string of the molecule is CCC(C#N)(CC)C(=O)N1CCN(c2nccs2)CC1. The maximum atomic E-state index is 12.6. The molecule has 0 unspecified atom stereocenters. The Morgan fingerprint density at radius 1 is 1.40 bits per heavy atom. The number of carbonyl (C=O) groups is 1. The summed E-state index contributed by atoms with van der Waals surface area (Å²) in [5, 5.41) is 12.3. The Bertz CT molecular complexity index is 482. The number of anilines is 1. The molecule has 1 aromatic heterocycles. The van der Waals surface area contributed by atoms with Gasteiger partial charge < -0.3 is 9.80 Å². The van der Waals surface area contributed by atoms with Gasteiger partial charge in [-0.1, -0.05) is 13.8 Å². The van der Waals surface area contributed by atoms with Crippen LogP contribution < -0.4 is 4.90 Å². The molecule has 1 amide bonds. The zero-order chi connectivity index (χ0) is 14.6. The van der Waals surface area contributed by atoms with Gasteiger partial charge in [0.2, 0.25) is 5.91 Å². The van der Waals surface area contributed by atoms with Crippen LogP contribution >= 0.6 is 11.3 Å². The topological polar surface area (TPSA) is 60.2 Å². The van der Waals surface area contributed by atoms with Crippen LogP contribution in [0.1, 0.15) is 26.7 Å². The fraction of sp³-hybridized carbons (Fsp3) is 0.643. The van der Waals surface area contributed by atoms with Crippen LogP contribution in [0.15, 0.2) is 11.6 Å². The highest BCUT2D eigenvalue weighted by molar-refractivity contribution is 7.13. The largest absolute Gasteiger partial charge is 0.345 e. The van der Waals surface area contributed by atoms with Crippen molar-refractivity contribution in [1.29, 1.82) is 5.26 Å². The number of carbonyl (C=O) groups excluding carboxylic acids is 1. The van der Waals surface area contributed by atoms with E-state index >= 15 is 0 Å². The second kappa shape index (κ2) is 6.23. The maximum Gasteiger partial charge on any atom is 0.243 e. The number of nitriles is 1. The Morgan fingerprint density at radius 3 is 2.50 bits per heavy atom. The van der Waals surface area contributed by atoms with Crippen LogP contribution in [0.25, 0.3) is 0 Å². The summed E-state index contributed by atoms with van der Waals surface area (Å²) in [6.45, 7) is 6.74. The van der Waals surface area contributed by atoms with E-state index in [9.17, 15) is 10.1 Å². The fourth-order valence-corrected chi connectivity index (χ4v) is 3.23. The van der Waals surface area contributed by atoms with Gasteiger partial charge in [-0.15, -0.1) is 11.3 Å². The Kier molecular flexibility index (Phi) is 4.61. The lowest BCUT2D eigenvalue weighted by molar-refractivity contribution is -0.139. The van der Waals surface area contributed by atoms with Gasteiger partial charge in [0.25, 0.3) is 0 Å². The van der Waals surface area contributed by atoms with E-state index < -0.39 is 5.41 Å². The van der Waals surface area contributed by atoms with Crippen LogP contribution in [0, 0.1) is 16.7 Å². The van der Waals surface area contributed by atoms with Crippen molar-refractivity contribution >= 4 is 22.4 Å². The molecule has 0 radical (unpaired) electrons.